The number of carbonyl (C=O) groups excluding carboxylic acids is 1. The molecule has 0 radical (unpaired) electrons. The van der Waals surface area contributed by atoms with Crippen LogP contribution in [0, 0.1) is 10.1 Å². The number of aliphatic carboxylic acids is 1. The Hall–Kier alpha value is -2.49. The number of carboxylic acids is 1. The number of nitro groups is 1. The highest BCUT2D eigenvalue weighted by atomic mass is 16.6. The maximum Gasteiger partial charge on any atom is 0.381 e. The molecule has 2 heterocycles. The first kappa shape index (κ1) is 14.9. The first-order valence-electron chi connectivity index (χ1n) is 6.25. The van der Waals surface area contributed by atoms with E-state index in [1.165, 1.54) is 17.1 Å². The van der Waals surface area contributed by atoms with Crippen molar-refractivity contribution in [3.63, 3.8) is 0 Å². The first-order chi connectivity index (χ1) is 9.88. The van der Waals surface area contributed by atoms with Gasteiger partial charge in [-0.1, -0.05) is 0 Å². The highest BCUT2D eigenvalue weighted by Gasteiger charge is 2.38. The fourth-order valence-electron chi connectivity index (χ4n) is 2.26. The summed E-state index contributed by atoms with van der Waals surface area (Å²) in [6, 6.07) is -1.02. The number of carbonyl (C=O) groups is 2. The summed E-state index contributed by atoms with van der Waals surface area (Å²) in [6.45, 7) is 0.137. The summed E-state index contributed by atoms with van der Waals surface area (Å²) in [4.78, 5) is 37.5. The molecule has 0 aromatic carbocycles. The quantitative estimate of drug-likeness (QED) is 0.537. The van der Waals surface area contributed by atoms with Crippen molar-refractivity contribution in [3.8, 4) is 0 Å². The Labute approximate surface area is 118 Å². The van der Waals surface area contributed by atoms with Crippen molar-refractivity contribution >= 4 is 17.7 Å². The van der Waals surface area contributed by atoms with Crippen molar-refractivity contribution in [3.05, 3.63) is 22.6 Å². The third-order valence-electron chi connectivity index (χ3n) is 3.27. The molecule has 10 heteroatoms. The Bertz CT molecular complexity index is 571. The molecule has 1 unspecified atom stereocenters. The topological polar surface area (TPSA) is 139 Å². The van der Waals surface area contributed by atoms with Gasteiger partial charge in [0, 0.05) is 25.9 Å². The normalized spacial score (nSPS) is 21.5. The van der Waals surface area contributed by atoms with Gasteiger partial charge in [-0.2, -0.15) is 0 Å². The molecule has 1 aromatic heterocycles. The lowest BCUT2D eigenvalue weighted by atomic mass is 10.2. The lowest BCUT2D eigenvalue weighted by Gasteiger charge is -2.21. The van der Waals surface area contributed by atoms with Gasteiger partial charge >= 0.3 is 11.8 Å². The fourth-order valence-corrected chi connectivity index (χ4v) is 2.26. The van der Waals surface area contributed by atoms with Crippen LogP contribution in [-0.4, -0.2) is 60.2 Å². The molecular formula is C11H14N4O6. The molecule has 1 aromatic rings. The third kappa shape index (κ3) is 3.34. The van der Waals surface area contributed by atoms with Crippen LogP contribution in [0.1, 0.15) is 12.8 Å². The number of carboxylic acid groups (broad SMARTS) is 1. The summed E-state index contributed by atoms with van der Waals surface area (Å²) in [5, 5.41) is 29.0. The smallest absolute Gasteiger partial charge is 0.381 e. The molecule has 2 N–H and O–H groups in total. The molecule has 2 rings (SSSR count). The Kier molecular flexibility index (Phi) is 4.17. The molecule has 0 aliphatic carbocycles. The molecule has 21 heavy (non-hydrogen) atoms. The van der Waals surface area contributed by atoms with Crippen LogP contribution in [-0.2, 0) is 16.1 Å². The van der Waals surface area contributed by atoms with Gasteiger partial charge in [-0.05, 0) is 9.91 Å². The number of aliphatic hydroxyl groups is 1. The van der Waals surface area contributed by atoms with E-state index in [1.54, 1.807) is 0 Å². The van der Waals surface area contributed by atoms with E-state index in [9.17, 15) is 24.8 Å². The molecule has 2 atom stereocenters. The number of aryl methyl sites for hydroxylation is 1. The molecule has 1 saturated heterocycles. The monoisotopic (exact) mass is 298 g/mol. The van der Waals surface area contributed by atoms with Gasteiger partial charge in [0.25, 0.3) is 0 Å². The molecule has 0 saturated carbocycles. The Morgan fingerprint density at radius 1 is 1.52 bits per heavy atom. The van der Waals surface area contributed by atoms with E-state index in [4.69, 9.17) is 5.11 Å². The minimum atomic E-state index is -1.15. The van der Waals surface area contributed by atoms with E-state index in [0.717, 1.165) is 4.90 Å². The second kappa shape index (κ2) is 5.87. The average molecular weight is 298 g/mol. The minimum absolute atomic E-state index is 0.0115. The first-order valence-corrected chi connectivity index (χ1v) is 6.25. The van der Waals surface area contributed by atoms with Crippen LogP contribution in [0.4, 0.5) is 5.82 Å². The minimum Gasteiger partial charge on any atom is -0.480 e. The highest BCUT2D eigenvalue weighted by Crippen LogP contribution is 2.19. The van der Waals surface area contributed by atoms with Crippen LogP contribution in [0.25, 0.3) is 0 Å². The number of amides is 1. The van der Waals surface area contributed by atoms with Gasteiger partial charge in [-0.25, -0.2) is 4.79 Å². The lowest BCUT2D eigenvalue weighted by molar-refractivity contribution is -0.389. The van der Waals surface area contributed by atoms with Crippen LogP contribution in [0.2, 0.25) is 0 Å². The van der Waals surface area contributed by atoms with Gasteiger partial charge in [0.15, 0.2) is 0 Å². The maximum atomic E-state index is 12.0. The molecule has 10 nitrogen and oxygen atoms in total. The number of rotatable bonds is 5. The second-order valence-electron chi connectivity index (χ2n) is 4.77. The number of β-amino-alcohol motifs (C(OH)–C–C–N with tert-alkyl or cyclic N) is 1. The standard InChI is InChI=1S/C11H14N4O6/c16-7-3-8(11(18)19)14(4-7)10(17)1-2-13-5-9(12-6-13)15(20)21/h5-8,16H,1-4H2,(H,18,19)/t7?,8-/m0/s1. The molecule has 1 amide bonds. The summed E-state index contributed by atoms with van der Waals surface area (Å²) in [5.74, 6) is -1.89. The number of aromatic nitrogens is 2. The third-order valence-corrected chi connectivity index (χ3v) is 3.27. The Morgan fingerprint density at radius 2 is 2.24 bits per heavy atom. The summed E-state index contributed by atoms with van der Waals surface area (Å²) in [7, 11) is 0. The predicted octanol–water partition coefficient (Wildman–Crippen LogP) is -0.772. The van der Waals surface area contributed by atoms with Crippen molar-refractivity contribution in [1.29, 1.82) is 0 Å². The van der Waals surface area contributed by atoms with Crippen LogP contribution in [0.5, 0.6) is 0 Å². The molecule has 1 aliphatic rings. The second-order valence-corrected chi connectivity index (χ2v) is 4.77. The molecule has 1 aliphatic heterocycles. The van der Waals surface area contributed by atoms with Gasteiger partial charge in [-0.15, -0.1) is 0 Å². The average Bonchev–Trinajstić information content (AvgIpc) is 3.02. The number of imidazole rings is 1. The van der Waals surface area contributed by atoms with Crippen LogP contribution < -0.4 is 0 Å². The van der Waals surface area contributed by atoms with Crippen LogP contribution in [0.3, 0.4) is 0 Å². The SMILES string of the molecule is O=C(O)[C@@H]1CC(O)CN1C(=O)CCn1cnc([N+](=O)[O-])c1. The van der Waals surface area contributed by atoms with E-state index in [1.807, 2.05) is 0 Å². The molecule has 1 fully saturated rings. The zero-order chi connectivity index (χ0) is 15.6. The molecule has 0 bridgehead atoms. The van der Waals surface area contributed by atoms with Gasteiger partial charge in [0.2, 0.25) is 12.2 Å². The Morgan fingerprint density at radius 3 is 2.81 bits per heavy atom. The van der Waals surface area contributed by atoms with E-state index in [0.29, 0.717) is 0 Å². The van der Waals surface area contributed by atoms with Crippen molar-refractivity contribution in [2.75, 3.05) is 6.54 Å². The van der Waals surface area contributed by atoms with Crippen molar-refractivity contribution in [2.24, 2.45) is 0 Å². The van der Waals surface area contributed by atoms with Crippen LogP contribution >= 0.6 is 0 Å². The van der Waals surface area contributed by atoms with Gasteiger partial charge in [0.1, 0.15) is 12.2 Å². The number of nitrogens with zero attached hydrogens (tertiary/aromatic N) is 4. The zero-order valence-electron chi connectivity index (χ0n) is 11.0. The Balaban J connectivity index is 1.94. The highest BCUT2D eigenvalue weighted by molar-refractivity contribution is 5.84. The van der Waals surface area contributed by atoms with E-state index in [-0.39, 0.29) is 31.7 Å². The predicted molar refractivity (Wildman–Crippen MR) is 67.3 cm³/mol. The maximum absolute atomic E-state index is 12.0. The van der Waals surface area contributed by atoms with Gasteiger partial charge < -0.3 is 29.8 Å². The number of hydrogen-bond acceptors (Lipinski definition) is 6. The molecule has 0 spiro atoms. The van der Waals surface area contributed by atoms with E-state index >= 15 is 0 Å². The lowest BCUT2D eigenvalue weighted by Crippen LogP contribution is -2.40. The van der Waals surface area contributed by atoms with Gasteiger partial charge in [0.05, 0.1) is 6.10 Å². The van der Waals surface area contributed by atoms with Crippen molar-refractivity contribution < 1.29 is 24.7 Å². The van der Waals surface area contributed by atoms with Crippen molar-refractivity contribution in [1.82, 2.24) is 14.5 Å². The zero-order valence-corrected chi connectivity index (χ0v) is 11.0. The van der Waals surface area contributed by atoms with Gasteiger partial charge in [-0.3, -0.25) is 4.79 Å². The largest absolute Gasteiger partial charge is 0.480 e. The summed E-state index contributed by atoms with van der Waals surface area (Å²) >= 11 is 0. The van der Waals surface area contributed by atoms with Crippen molar-refractivity contribution in [2.45, 2.75) is 31.5 Å². The van der Waals surface area contributed by atoms with Crippen LogP contribution in [0.15, 0.2) is 12.5 Å². The summed E-state index contributed by atoms with van der Waals surface area (Å²) in [5.41, 5.74) is 0. The number of hydrogen-bond donors (Lipinski definition) is 2. The molecular weight excluding hydrogens is 284 g/mol. The van der Waals surface area contributed by atoms with E-state index < -0.39 is 28.9 Å². The summed E-state index contributed by atoms with van der Waals surface area (Å²) in [6.07, 6.45) is 1.57. The summed E-state index contributed by atoms with van der Waals surface area (Å²) < 4.78 is 1.39. The fraction of sp³-hybridized carbons (Fsp3) is 0.545. The van der Waals surface area contributed by atoms with E-state index in [2.05, 4.69) is 4.98 Å². The molecule has 114 valence electrons. The number of likely N-dealkylation sites (tertiary alicyclic amines) is 1. The number of aliphatic hydroxyl groups excluding tert-OH is 1.